The van der Waals surface area contributed by atoms with E-state index >= 15 is 0 Å². The summed E-state index contributed by atoms with van der Waals surface area (Å²) in [7, 11) is 0. The third-order valence-electron chi connectivity index (χ3n) is 5.24. The van der Waals surface area contributed by atoms with E-state index in [-0.39, 0.29) is 17.5 Å². The standard InChI is InChI=1S/C17H29FO2/c1-5-17(6-2)9-7-13(8-10-17)14(19)11-15(20)16(3,4)12-18/h11,13,19H,5-10,12H2,1-4H3/b14-11-. The minimum absolute atomic E-state index is 0.0700. The van der Waals surface area contributed by atoms with Crippen molar-refractivity contribution >= 4 is 5.78 Å². The molecular weight excluding hydrogens is 255 g/mol. The predicted octanol–water partition coefficient (Wildman–Crippen LogP) is 4.99. The molecule has 1 saturated carbocycles. The van der Waals surface area contributed by atoms with Crippen LogP contribution in [0.1, 0.15) is 66.2 Å². The lowest BCUT2D eigenvalue weighted by molar-refractivity contribution is -0.123. The molecule has 0 aromatic heterocycles. The van der Waals surface area contributed by atoms with Gasteiger partial charge in [0, 0.05) is 12.0 Å². The van der Waals surface area contributed by atoms with Gasteiger partial charge in [-0.3, -0.25) is 9.18 Å². The van der Waals surface area contributed by atoms with Gasteiger partial charge in [-0.25, -0.2) is 0 Å². The summed E-state index contributed by atoms with van der Waals surface area (Å²) in [5.74, 6) is -0.0989. The van der Waals surface area contributed by atoms with E-state index in [4.69, 9.17) is 0 Å². The Balaban J connectivity index is 2.67. The van der Waals surface area contributed by atoms with Crippen LogP contribution in [0.2, 0.25) is 0 Å². The van der Waals surface area contributed by atoms with Gasteiger partial charge in [-0.05, 0) is 31.1 Å². The number of carbonyl (C=O) groups is 1. The van der Waals surface area contributed by atoms with Gasteiger partial charge in [0.25, 0.3) is 0 Å². The number of halogens is 1. The van der Waals surface area contributed by atoms with Gasteiger partial charge >= 0.3 is 0 Å². The molecule has 0 atom stereocenters. The monoisotopic (exact) mass is 284 g/mol. The summed E-state index contributed by atoms with van der Waals surface area (Å²) in [5, 5.41) is 10.1. The number of alkyl halides is 1. The van der Waals surface area contributed by atoms with Gasteiger partial charge in [0.15, 0.2) is 5.78 Å². The number of carbonyl (C=O) groups excluding carboxylic acids is 1. The van der Waals surface area contributed by atoms with Crippen molar-refractivity contribution in [1.82, 2.24) is 0 Å². The molecule has 0 aromatic carbocycles. The molecule has 0 aliphatic heterocycles. The summed E-state index contributed by atoms with van der Waals surface area (Å²) in [6.07, 6.45) is 7.66. The normalized spacial score (nSPS) is 20.9. The molecule has 0 bridgehead atoms. The summed E-state index contributed by atoms with van der Waals surface area (Å²) in [5.41, 5.74) is -0.613. The zero-order valence-electron chi connectivity index (χ0n) is 13.3. The van der Waals surface area contributed by atoms with Gasteiger partial charge in [-0.15, -0.1) is 0 Å². The van der Waals surface area contributed by atoms with Gasteiger partial charge in [0.05, 0.1) is 11.2 Å². The van der Waals surface area contributed by atoms with Crippen LogP contribution in [0.25, 0.3) is 0 Å². The fraction of sp³-hybridized carbons (Fsp3) is 0.824. The van der Waals surface area contributed by atoms with E-state index in [2.05, 4.69) is 13.8 Å². The summed E-state index contributed by atoms with van der Waals surface area (Å²) < 4.78 is 12.8. The average molecular weight is 284 g/mol. The Morgan fingerprint density at radius 2 is 1.80 bits per heavy atom. The van der Waals surface area contributed by atoms with Crippen molar-refractivity contribution in [3.63, 3.8) is 0 Å². The number of rotatable bonds is 6. The molecule has 1 aliphatic carbocycles. The first-order valence-corrected chi connectivity index (χ1v) is 7.81. The molecule has 0 saturated heterocycles. The number of hydrogen-bond donors (Lipinski definition) is 1. The van der Waals surface area contributed by atoms with Crippen molar-refractivity contribution in [3.8, 4) is 0 Å². The van der Waals surface area contributed by atoms with Crippen molar-refractivity contribution in [1.29, 1.82) is 0 Å². The van der Waals surface area contributed by atoms with Crippen LogP contribution in [0.3, 0.4) is 0 Å². The smallest absolute Gasteiger partial charge is 0.167 e. The highest BCUT2D eigenvalue weighted by molar-refractivity contribution is 5.94. The molecule has 0 aromatic rings. The van der Waals surface area contributed by atoms with Crippen LogP contribution in [0.4, 0.5) is 4.39 Å². The van der Waals surface area contributed by atoms with Crippen LogP contribution in [0.15, 0.2) is 11.8 Å². The molecule has 1 N–H and O–H groups in total. The summed E-state index contributed by atoms with van der Waals surface area (Å²) in [6, 6.07) is 0. The molecule has 20 heavy (non-hydrogen) atoms. The lowest BCUT2D eigenvalue weighted by Gasteiger charge is -2.39. The third kappa shape index (κ3) is 3.83. The summed E-state index contributed by atoms with van der Waals surface area (Å²) in [6.45, 7) is 6.90. The first kappa shape index (κ1) is 17.2. The average Bonchev–Trinajstić information content (AvgIpc) is 2.47. The van der Waals surface area contributed by atoms with Gasteiger partial charge < -0.3 is 5.11 Å². The lowest BCUT2D eigenvalue weighted by Crippen LogP contribution is -2.28. The fourth-order valence-electron chi connectivity index (χ4n) is 3.00. The molecular formula is C17H29FO2. The van der Waals surface area contributed by atoms with Crippen LogP contribution >= 0.6 is 0 Å². The largest absolute Gasteiger partial charge is 0.512 e. The van der Waals surface area contributed by atoms with E-state index in [9.17, 15) is 14.3 Å². The lowest BCUT2D eigenvalue weighted by atomic mass is 9.67. The van der Waals surface area contributed by atoms with Gasteiger partial charge in [0.1, 0.15) is 6.67 Å². The van der Waals surface area contributed by atoms with E-state index in [1.165, 1.54) is 18.9 Å². The molecule has 1 aliphatic rings. The zero-order valence-corrected chi connectivity index (χ0v) is 13.3. The molecule has 2 nitrogen and oxygen atoms in total. The maximum absolute atomic E-state index is 12.8. The Labute approximate surface area is 122 Å². The summed E-state index contributed by atoms with van der Waals surface area (Å²) in [4.78, 5) is 11.9. The highest BCUT2D eigenvalue weighted by Gasteiger charge is 2.34. The predicted molar refractivity (Wildman–Crippen MR) is 80.4 cm³/mol. The van der Waals surface area contributed by atoms with E-state index in [1.807, 2.05) is 0 Å². The van der Waals surface area contributed by atoms with Gasteiger partial charge in [0.2, 0.25) is 0 Å². The molecule has 1 fully saturated rings. The van der Waals surface area contributed by atoms with Crippen molar-refractivity contribution in [3.05, 3.63) is 11.8 Å². The van der Waals surface area contributed by atoms with Crippen molar-refractivity contribution in [2.24, 2.45) is 16.7 Å². The second-order valence-corrected chi connectivity index (χ2v) is 6.93. The van der Waals surface area contributed by atoms with E-state index in [0.29, 0.717) is 5.41 Å². The van der Waals surface area contributed by atoms with Gasteiger partial charge in [-0.2, -0.15) is 0 Å². The van der Waals surface area contributed by atoms with Crippen molar-refractivity contribution < 1.29 is 14.3 Å². The quantitative estimate of drug-likeness (QED) is 0.551. The van der Waals surface area contributed by atoms with E-state index < -0.39 is 12.1 Å². The number of allylic oxidation sites excluding steroid dienone is 2. The van der Waals surface area contributed by atoms with Crippen LogP contribution in [0.5, 0.6) is 0 Å². The third-order valence-corrected chi connectivity index (χ3v) is 5.24. The Morgan fingerprint density at radius 1 is 1.30 bits per heavy atom. The van der Waals surface area contributed by atoms with E-state index in [1.54, 1.807) is 13.8 Å². The molecule has 0 unspecified atom stereocenters. The maximum atomic E-state index is 12.8. The highest BCUT2D eigenvalue weighted by Crippen LogP contribution is 2.45. The topological polar surface area (TPSA) is 37.3 Å². The molecule has 0 amide bonds. The minimum atomic E-state index is -1.03. The molecule has 0 radical (unpaired) electrons. The first-order chi connectivity index (χ1) is 9.30. The van der Waals surface area contributed by atoms with Crippen LogP contribution in [-0.2, 0) is 4.79 Å². The molecule has 3 heteroatoms. The highest BCUT2D eigenvalue weighted by atomic mass is 19.1. The Hall–Kier alpha value is -0.860. The van der Waals surface area contributed by atoms with E-state index in [0.717, 1.165) is 25.7 Å². The Kier molecular flexibility index (Phi) is 5.79. The summed E-state index contributed by atoms with van der Waals surface area (Å²) >= 11 is 0. The zero-order chi connectivity index (χ0) is 15.4. The molecule has 116 valence electrons. The van der Waals surface area contributed by atoms with Crippen molar-refractivity contribution in [2.45, 2.75) is 66.2 Å². The van der Waals surface area contributed by atoms with Crippen LogP contribution in [-0.4, -0.2) is 17.6 Å². The number of hydrogen-bond acceptors (Lipinski definition) is 2. The Morgan fingerprint density at radius 3 is 2.20 bits per heavy atom. The van der Waals surface area contributed by atoms with Crippen LogP contribution < -0.4 is 0 Å². The Bertz CT molecular complexity index is 357. The molecule has 0 spiro atoms. The second kappa shape index (κ2) is 6.73. The van der Waals surface area contributed by atoms with Crippen LogP contribution in [0, 0.1) is 16.7 Å². The minimum Gasteiger partial charge on any atom is -0.512 e. The van der Waals surface area contributed by atoms with Crippen molar-refractivity contribution in [2.75, 3.05) is 6.67 Å². The molecule has 1 rings (SSSR count). The second-order valence-electron chi connectivity index (χ2n) is 6.93. The number of aliphatic hydroxyl groups is 1. The first-order valence-electron chi connectivity index (χ1n) is 7.81. The fourth-order valence-corrected chi connectivity index (χ4v) is 3.00. The number of ketones is 1. The van der Waals surface area contributed by atoms with Gasteiger partial charge in [-0.1, -0.05) is 40.5 Å². The SMILES string of the molecule is CCC1(CC)CCC(/C(O)=C/C(=O)C(C)(C)CF)CC1. The number of aliphatic hydroxyl groups excluding tert-OH is 1. The maximum Gasteiger partial charge on any atom is 0.167 e. The molecule has 0 heterocycles.